The Hall–Kier alpha value is -3.20. The Kier molecular flexibility index (Phi) is 8.08. The normalized spacial score (nSPS) is 15.7. The number of pyridine rings is 1. The van der Waals surface area contributed by atoms with Crippen LogP contribution in [0.5, 0.6) is 0 Å². The second-order valence-corrected chi connectivity index (χ2v) is 8.13. The standard InChI is InChI=1S/C25H30N4O4/c30-22(19-32-18-20-6-2-1-3-7-20)17-28-11-5-12-29(14-13-28)24-10-9-21(16-26-24)27-25(31)23-8-4-15-33-23/h1-4,6-10,15-16,22,30H,5,11-14,17-19H2,(H,27,31). The number of aromatic nitrogens is 1. The van der Waals surface area contributed by atoms with Crippen LogP contribution in [0.25, 0.3) is 0 Å². The van der Waals surface area contributed by atoms with Crippen molar-refractivity contribution < 1.29 is 19.1 Å². The zero-order valence-electron chi connectivity index (χ0n) is 18.6. The van der Waals surface area contributed by atoms with Crippen LogP contribution in [0.15, 0.2) is 71.5 Å². The zero-order chi connectivity index (χ0) is 22.9. The van der Waals surface area contributed by atoms with Gasteiger partial charge in [-0.15, -0.1) is 0 Å². The minimum Gasteiger partial charge on any atom is -0.459 e. The molecule has 0 bridgehead atoms. The van der Waals surface area contributed by atoms with Gasteiger partial charge in [-0.25, -0.2) is 4.98 Å². The van der Waals surface area contributed by atoms with E-state index in [-0.39, 0.29) is 11.7 Å². The van der Waals surface area contributed by atoms with Crippen molar-refractivity contribution in [1.29, 1.82) is 0 Å². The van der Waals surface area contributed by atoms with Gasteiger partial charge in [-0.05, 0) is 42.8 Å². The minimum atomic E-state index is -0.518. The summed E-state index contributed by atoms with van der Waals surface area (Å²) in [6.45, 7) is 4.90. The number of nitrogens with one attached hydrogen (secondary N) is 1. The smallest absolute Gasteiger partial charge is 0.291 e. The lowest BCUT2D eigenvalue weighted by Crippen LogP contribution is -2.37. The number of carbonyl (C=O) groups is 1. The van der Waals surface area contributed by atoms with Crippen molar-refractivity contribution in [3.8, 4) is 0 Å². The van der Waals surface area contributed by atoms with Gasteiger partial charge in [0, 0.05) is 26.2 Å². The number of hydrogen-bond donors (Lipinski definition) is 2. The van der Waals surface area contributed by atoms with Crippen LogP contribution in [0, 0.1) is 0 Å². The number of furan rings is 1. The monoisotopic (exact) mass is 450 g/mol. The summed E-state index contributed by atoms with van der Waals surface area (Å²) in [6, 6.07) is 17.0. The quantitative estimate of drug-likeness (QED) is 0.518. The predicted octanol–water partition coefficient (Wildman–Crippen LogP) is 3.02. The van der Waals surface area contributed by atoms with Gasteiger partial charge in [-0.3, -0.25) is 9.69 Å². The van der Waals surface area contributed by atoms with Crippen LogP contribution in [0.4, 0.5) is 11.5 Å². The van der Waals surface area contributed by atoms with Crippen LogP contribution >= 0.6 is 0 Å². The Balaban J connectivity index is 1.21. The molecule has 3 heterocycles. The molecule has 0 radical (unpaired) electrons. The molecule has 1 unspecified atom stereocenters. The van der Waals surface area contributed by atoms with Crippen LogP contribution in [0.1, 0.15) is 22.5 Å². The molecule has 1 fully saturated rings. The number of amides is 1. The number of aliphatic hydroxyl groups is 1. The van der Waals surface area contributed by atoms with E-state index in [2.05, 4.69) is 20.1 Å². The number of nitrogens with zero attached hydrogens (tertiary/aromatic N) is 3. The van der Waals surface area contributed by atoms with E-state index < -0.39 is 6.10 Å². The molecule has 0 aliphatic carbocycles. The van der Waals surface area contributed by atoms with Crippen LogP contribution in [-0.4, -0.2) is 66.3 Å². The van der Waals surface area contributed by atoms with Gasteiger partial charge in [0.25, 0.3) is 5.91 Å². The van der Waals surface area contributed by atoms with Crippen molar-refractivity contribution in [2.75, 3.05) is 49.5 Å². The molecule has 1 aliphatic rings. The van der Waals surface area contributed by atoms with Gasteiger partial charge in [0.15, 0.2) is 5.76 Å². The summed E-state index contributed by atoms with van der Waals surface area (Å²) in [5.41, 5.74) is 1.73. The summed E-state index contributed by atoms with van der Waals surface area (Å²) in [7, 11) is 0. The van der Waals surface area contributed by atoms with Gasteiger partial charge in [-0.1, -0.05) is 30.3 Å². The van der Waals surface area contributed by atoms with E-state index in [9.17, 15) is 9.90 Å². The molecular weight excluding hydrogens is 420 g/mol. The maximum atomic E-state index is 12.1. The van der Waals surface area contributed by atoms with Crippen LogP contribution < -0.4 is 10.2 Å². The number of hydrogen-bond acceptors (Lipinski definition) is 7. The predicted molar refractivity (Wildman–Crippen MR) is 126 cm³/mol. The van der Waals surface area contributed by atoms with Crippen molar-refractivity contribution in [2.24, 2.45) is 0 Å². The van der Waals surface area contributed by atoms with E-state index in [1.165, 1.54) is 6.26 Å². The summed E-state index contributed by atoms with van der Waals surface area (Å²) in [5, 5.41) is 13.2. The number of rotatable bonds is 9. The summed E-state index contributed by atoms with van der Waals surface area (Å²) >= 11 is 0. The number of β-amino-alcohol motifs (C(OH)–C–C–N with tert-alkyl or cyclic N) is 1. The lowest BCUT2D eigenvalue weighted by molar-refractivity contribution is 0.0109. The number of benzene rings is 1. The van der Waals surface area contributed by atoms with E-state index >= 15 is 0 Å². The molecule has 1 aliphatic heterocycles. The van der Waals surface area contributed by atoms with Gasteiger partial charge in [0.05, 0.1) is 37.5 Å². The lowest BCUT2D eigenvalue weighted by Gasteiger charge is -2.24. The lowest BCUT2D eigenvalue weighted by atomic mass is 10.2. The Morgan fingerprint density at radius 3 is 2.73 bits per heavy atom. The highest BCUT2D eigenvalue weighted by molar-refractivity contribution is 6.02. The van der Waals surface area contributed by atoms with Crippen LogP contribution in [0.3, 0.4) is 0 Å². The third kappa shape index (κ3) is 6.89. The highest BCUT2D eigenvalue weighted by Gasteiger charge is 2.19. The molecule has 1 amide bonds. The second kappa shape index (κ2) is 11.6. The van der Waals surface area contributed by atoms with Crippen LogP contribution in [0.2, 0.25) is 0 Å². The molecule has 1 saturated heterocycles. The minimum absolute atomic E-state index is 0.263. The van der Waals surface area contributed by atoms with E-state index in [0.29, 0.717) is 25.4 Å². The van der Waals surface area contributed by atoms with Gasteiger partial charge in [0.2, 0.25) is 0 Å². The maximum Gasteiger partial charge on any atom is 0.291 e. The molecule has 3 aromatic rings. The molecule has 8 nitrogen and oxygen atoms in total. The molecular formula is C25H30N4O4. The third-order valence-corrected chi connectivity index (χ3v) is 5.55. The fourth-order valence-corrected chi connectivity index (χ4v) is 3.87. The number of aliphatic hydroxyl groups excluding tert-OH is 1. The molecule has 0 saturated carbocycles. The van der Waals surface area contributed by atoms with Crippen molar-refractivity contribution in [3.63, 3.8) is 0 Å². The fourth-order valence-electron chi connectivity index (χ4n) is 3.87. The molecule has 174 valence electrons. The molecule has 8 heteroatoms. The van der Waals surface area contributed by atoms with Crippen molar-refractivity contribution in [1.82, 2.24) is 9.88 Å². The first-order chi connectivity index (χ1) is 16.2. The first-order valence-electron chi connectivity index (χ1n) is 11.3. The summed E-state index contributed by atoms with van der Waals surface area (Å²) < 4.78 is 10.8. The number of ether oxygens (including phenoxy) is 1. The SMILES string of the molecule is O=C(Nc1ccc(N2CCCN(CC(O)COCc3ccccc3)CC2)nc1)c1ccco1. The van der Waals surface area contributed by atoms with E-state index in [1.54, 1.807) is 18.3 Å². The van der Waals surface area contributed by atoms with E-state index in [0.717, 1.165) is 44.0 Å². The van der Waals surface area contributed by atoms with Gasteiger partial charge >= 0.3 is 0 Å². The Morgan fingerprint density at radius 1 is 1.09 bits per heavy atom. The fraction of sp³-hybridized carbons (Fsp3) is 0.360. The zero-order valence-corrected chi connectivity index (χ0v) is 18.6. The molecule has 2 N–H and O–H groups in total. The van der Waals surface area contributed by atoms with Gasteiger partial charge in [0.1, 0.15) is 5.82 Å². The summed E-state index contributed by atoms with van der Waals surface area (Å²) in [5.74, 6) is 0.838. The number of carbonyl (C=O) groups excluding carboxylic acids is 1. The van der Waals surface area contributed by atoms with Crippen molar-refractivity contribution in [3.05, 3.63) is 78.4 Å². The topological polar surface area (TPSA) is 91.1 Å². The van der Waals surface area contributed by atoms with E-state index in [1.807, 2.05) is 42.5 Å². The van der Waals surface area contributed by atoms with E-state index in [4.69, 9.17) is 9.15 Å². The van der Waals surface area contributed by atoms with Gasteiger partial charge < -0.3 is 24.5 Å². The highest BCUT2D eigenvalue weighted by atomic mass is 16.5. The maximum absolute atomic E-state index is 12.1. The third-order valence-electron chi connectivity index (χ3n) is 5.55. The Labute approximate surface area is 193 Å². The summed E-state index contributed by atoms with van der Waals surface area (Å²) in [6.07, 6.45) is 3.59. The average Bonchev–Trinajstić information content (AvgIpc) is 3.28. The molecule has 0 spiro atoms. The molecule has 33 heavy (non-hydrogen) atoms. The first-order valence-corrected chi connectivity index (χ1v) is 11.3. The van der Waals surface area contributed by atoms with Crippen molar-refractivity contribution in [2.45, 2.75) is 19.1 Å². The molecule has 2 aromatic heterocycles. The second-order valence-electron chi connectivity index (χ2n) is 8.13. The van der Waals surface area contributed by atoms with Crippen LogP contribution in [-0.2, 0) is 11.3 Å². The van der Waals surface area contributed by atoms with Gasteiger partial charge in [-0.2, -0.15) is 0 Å². The van der Waals surface area contributed by atoms with Crippen molar-refractivity contribution >= 4 is 17.4 Å². The highest BCUT2D eigenvalue weighted by Crippen LogP contribution is 2.17. The average molecular weight is 451 g/mol. The largest absolute Gasteiger partial charge is 0.459 e. The molecule has 1 aromatic carbocycles. The summed E-state index contributed by atoms with van der Waals surface area (Å²) in [4.78, 5) is 21.1. The Bertz CT molecular complexity index is 979. The molecule has 4 rings (SSSR count). The number of anilines is 2. The molecule has 1 atom stereocenters. The first kappa shape index (κ1) is 23.0. The Morgan fingerprint density at radius 2 is 1.97 bits per heavy atom.